The Balaban J connectivity index is 2.83. The molecule has 0 saturated carbocycles. The van der Waals surface area contributed by atoms with Crippen LogP contribution in [-0.2, 0) is 11.8 Å². The van der Waals surface area contributed by atoms with Crippen molar-refractivity contribution in [3.63, 3.8) is 0 Å². The maximum Gasteiger partial charge on any atom is 0.259 e. The van der Waals surface area contributed by atoms with E-state index in [-0.39, 0.29) is 5.91 Å². The molecular formula is C11H18N4O2. The van der Waals surface area contributed by atoms with E-state index in [1.807, 2.05) is 0 Å². The van der Waals surface area contributed by atoms with Gasteiger partial charge in [0.25, 0.3) is 5.91 Å². The van der Waals surface area contributed by atoms with Crippen molar-refractivity contribution in [2.45, 2.75) is 0 Å². The number of anilines is 1. The molecule has 6 heteroatoms. The van der Waals surface area contributed by atoms with Crippen molar-refractivity contribution in [1.29, 1.82) is 0 Å². The Morgan fingerprint density at radius 2 is 2.47 bits per heavy atom. The standard InChI is InChI=1S/C11H18N4O2/c1-4-5-15(6-7-17-3)11(16)9-8-13-14(2)10(9)12/h4,8H,1,5-7,12H2,2-3H3. The lowest BCUT2D eigenvalue weighted by Crippen LogP contribution is -2.34. The number of hydrogen-bond acceptors (Lipinski definition) is 4. The van der Waals surface area contributed by atoms with Gasteiger partial charge in [-0.3, -0.25) is 9.48 Å². The van der Waals surface area contributed by atoms with E-state index in [9.17, 15) is 4.79 Å². The molecule has 0 radical (unpaired) electrons. The van der Waals surface area contributed by atoms with E-state index in [0.717, 1.165) is 0 Å². The molecule has 0 aliphatic carbocycles. The molecule has 6 nitrogen and oxygen atoms in total. The molecule has 17 heavy (non-hydrogen) atoms. The van der Waals surface area contributed by atoms with Crippen LogP contribution >= 0.6 is 0 Å². The molecule has 1 rings (SSSR count). The summed E-state index contributed by atoms with van der Waals surface area (Å²) in [6.45, 7) is 5.05. The number of nitrogens with zero attached hydrogens (tertiary/aromatic N) is 3. The molecule has 0 bridgehead atoms. The second-order valence-corrected chi connectivity index (χ2v) is 3.60. The summed E-state index contributed by atoms with van der Waals surface area (Å²) in [5, 5.41) is 3.95. The molecule has 0 atom stereocenters. The van der Waals surface area contributed by atoms with Gasteiger partial charge in [0, 0.05) is 27.2 Å². The summed E-state index contributed by atoms with van der Waals surface area (Å²) in [5.41, 5.74) is 6.17. The number of hydrogen-bond donors (Lipinski definition) is 1. The van der Waals surface area contributed by atoms with Crippen molar-refractivity contribution >= 4 is 11.7 Å². The highest BCUT2D eigenvalue weighted by Gasteiger charge is 2.19. The van der Waals surface area contributed by atoms with Gasteiger partial charge in [-0.2, -0.15) is 5.10 Å². The average Bonchev–Trinajstić information content (AvgIpc) is 2.65. The van der Waals surface area contributed by atoms with Crippen LogP contribution in [0.4, 0.5) is 5.82 Å². The number of nitrogen functional groups attached to an aromatic ring is 1. The fourth-order valence-corrected chi connectivity index (χ4v) is 1.42. The highest BCUT2D eigenvalue weighted by atomic mass is 16.5. The van der Waals surface area contributed by atoms with Crippen LogP contribution in [0.15, 0.2) is 18.9 Å². The zero-order chi connectivity index (χ0) is 12.8. The number of rotatable bonds is 6. The van der Waals surface area contributed by atoms with Gasteiger partial charge >= 0.3 is 0 Å². The average molecular weight is 238 g/mol. The Labute approximate surface area is 101 Å². The molecule has 0 spiro atoms. The SMILES string of the molecule is C=CCN(CCOC)C(=O)c1cnn(C)c1N. The summed E-state index contributed by atoms with van der Waals surface area (Å²) in [5.74, 6) is 0.203. The smallest absolute Gasteiger partial charge is 0.259 e. The molecule has 94 valence electrons. The Morgan fingerprint density at radius 1 is 1.76 bits per heavy atom. The van der Waals surface area contributed by atoms with E-state index in [4.69, 9.17) is 10.5 Å². The molecule has 0 saturated heterocycles. The van der Waals surface area contributed by atoms with Crippen LogP contribution in [0, 0.1) is 0 Å². The van der Waals surface area contributed by atoms with Gasteiger partial charge in [0.1, 0.15) is 11.4 Å². The zero-order valence-electron chi connectivity index (χ0n) is 10.2. The van der Waals surface area contributed by atoms with E-state index >= 15 is 0 Å². The van der Waals surface area contributed by atoms with Crippen molar-refractivity contribution in [2.75, 3.05) is 32.5 Å². The first-order chi connectivity index (χ1) is 8.11. The number of amides is 1. The molecule has 0 aromatic carbocycles. The van der Waals surface area contributed by atoms with E-state index in [0.29, 0.717) is 31.1 Å². The third-order valence-corrected chi connectivity index (χ3v) is 2.42. The van der Waals surface area contributed by atoms with Gasteiger partial charge in [-0.25, -0.2) is 0 Å². The molecule has 0 aliphatic heterocycles. The Morgan fingerprint density at radius 3 is 2.94 bits per heavy atom. The van der Waals surface area contributed by atoms with Crippen LogP contribution in [0.1, 0.15) is 10.4 Å². The number of aryl methyl sites for hydroxylation is 1. The summed E-state index contributed by atoms with van der Waals surface area (Å²) < 4.78 is 6.43. The van der Waals surface area contributed by atoms with Crippen molar-refractivity contribution < 1.29 is 9.53 Å². The molecule has 0 unspecified atom stereocenters. The molecule has 1 amide bonds. The number of nitrogens with two attached hydrogens (primary N) is 1. The maximum atomic E-state index is 12.2. The van der Waals surface area contributed by atoms with Crippen molar-refractivity contribution in [3.8, 4) is 0 Å². The largest absolute Gasteiger partial charge is 0.383 e. The van der Waals surface area contributed by atoms with Crippen LogP contribution in [-0.4, -0.2) is 47.4 Å². The fourth-order valence-electron chi connectivity index (χ4n) is 1.42. The van der Waals surface area contributed by atoms with Crippen molar-refractivity contribution in [2.24, 2.45) is 7.05 Å². The van der Waals surface area contributed by atoms with E-state index in [1.54, 1.807) is 25.1 Å². The van der Waals surface area contributed by atoms with Gasteiger partial charge < -0.3 is 15.4 Å². The summed E-state index contributed by atoms with van der Waals surface area (Å²) in [4.78, 5) is 13.8. The quantitative estimate of drug-likeness (QED) is 0.722. The fraction of sp³-hybridized carbons (Fsp3) is 0.455. The number of carbonyl (C=O) groups excluding carboxylic acids is 1. The first-order valence-corrected chi connectivity index (χ1v) is 5.28. The van der Waals surface area contributed by atoms with Crippen LogP contribution in [0.25, 0.3) is 0 Å². The Kier molecular flexibility index (Phi) is 4.71. The summed E-state index contributed by atoms with van der Waals surface area (Å²) in [6, 6.07) is 0. The van der Waals surface area contributed by atoms with Crippen LogP contribution < -0.4 is 5.73 Å². The predicted molar refractivity (Wildman–Crippen MR) is 65.6 cm³/mol. The highest BCUT2D eigenvalue weighted by Crippen LogP contribution is 2.12. The minimum absolute atomic E-state index is 0.160. The van der Waals surface area contributed by atoms with Gasteiger partial charge in [-0.15, -0.1) is 6.58 Å². The van der Waals surface area contributed by atoms with Crippen LogP contribution in [0.5, 0.6) is 0 Å². The maximum absolute atomic E-state index is 12.2. The number of aromatic nitrogens is 2. The molecule has 1 heterocycles. The molecule has 1 aromatic rings. The highest BCUT2D eigenvalue weighted by molar-refractivity contribution is 5.98. The van der Waals surface area contributed by atoms with Crippen LogP contribution in [0.2, 0.25) is 0 Å². The minimum Gasteiger partial charge on any atom is -0.383 e. The third-order valence-electron chi connectivity index (χ3n) is 2.42. The number of methoxy groups -OCH3 is 1. The summed E-state index contributed by atoms with van der Waals surface area (Å²) in [7, 11) is 3.29. The van der Waals surface area contributed by atoms with Crippen molar-refractivity contribution in [3.05, 3.63) is 24.4 Å². The Hall–Kier alpha value is -1.82. The van der Waals surface area contributed by atoms with Gasteiger partial charge in [0.15, 0.2) is 0 Å². The monoisotopic (exact) mass is 238 g/mol. The van der Waals surface area contributed by atoms with Gasteiger partial charge in [0.05, 0.1) is 12.8 Å². The van der Waals surface area contributed by atoms with Gasteiger partial charge in [-0.05, 0) is 0 Å². The van der Waals surface area contributed by atoms with E-state index in [1.165, 1.54) is 10.9 Å². The predicted octanol–water partition coefficient (Wildman–Crippen LogP) is 0.277. The van der Waals surface area contributed by atoms with Gasteiger partial charge in [0.2, 0.25) is 0 Å². The molecule has 0 fully saturated rings. The lowest BCUT2D eigenvalue weighted by molar-refractivity contribution is 0.0719. The second-order valence-electron chi connectivity index (χ2n) is 3.60. The van der Waals surface area contributed by atoms with E-state index < -0.39 is 0 Å². The molecular weight excluding hydrogens is 220 g/mol. The summed E-state index contributed by atoms with van der Waals surface area (Å²) >= 11 is 0. The first kappa shape index (κ1) is 13.2. The second kappa shape index (κ2) is 6.05. The summed E-state index contributed by atoms with van der Waals surface area (Å²) in [6.07, 6.45) is 3.14. The Bertz CT molecular complexity index is 400. The third kappa shape index (κ3) is 3.07. The van der Waals surface area contributed by atoms with Crippen molar-refractivity contribution in [1.82, 2.24) is 14.7 Å². The molecule has 0 aliphatic rings. The topological polar surface area (TPSA) is 73.4 Å². The number of ether oxygens (including phenoxy) is 1. The lowest BCUT2D eigenvalue weighted by atomic mass is 10.2. The lowest BCUT2D eigenvalue weighted by Gasteiger charge is -2.20. The number of carbonyl (C=O) groups is 1. The van der Waals surface area contributed by atoms with Crippen LogP contribution in [0.3, 0.4) is 0 Å². The minimum atomic E-state index is -0.160. The molecule has 2 N–H and O–H groups in total. The normalized spacial score (nSPS) is 10.2. The first-order valence-electron chi connectivity index (χ1n) is 5.28. The molecule has 1 aromatic heterocycles. The van der Waals surface area contributed by atoms with E-state index in [2.05, 4.69) is 11.7 Å². The zero-order valence-corrected chi connectivity index (χ0v) is 10.2. The van der Waals surface area contributed by atoms with Gasteiger partial charge in [-0.1, -0.05) is 6.08 Å².